The summed E-state index contributed by atoms with van der Waals surface area (Å²) in [5.74, 6) is -0.767. The van der Waals surface area contributed by atoms with Gasteiger partial charge in [-0.1, -0.05) is 0 Å². The van der Waals surface area contributed by atoms with Crippen LogP contribution in [-0.4, -0.2) is 26.2 Å². The van der Waals surface area contributed by atoms with Crippen molar-refractivity contribution in [3.8, 4) is 11.5 Å². The zero-order valence-electron chi connectivity index (χ0n) is 19.9. The predicted octanol–water partition coefficient (Wildman–Crippen LogP) is 3.83. The van der Waals surface area contributed by atoms with Crippen LogP contribution >= 0.6 is 0 Å². The Balaban J connectivity index is 1.96. The molecule has 4 aromatic rings. The summed E-state index contributed by atoms with van der Waals surface area (Å²) < 4.78 is 32.5. The van der Waals surface area contributed by atoms with Gasteiger partial charge in [0.2, 0.25) is 0 Å². The van der Waals surface area contributed by atoms with Crippen molar-refractivity contribution in [2.45, 2.75) is 26.1 Å². The Morgan fingerprint density at radius 1 is 0.694 bits per heavy atom. The van der Waals surface area contributed by atoms with Crippen molar-refractivity contribution < 1.29 is 37.4 Å². The van der Waals surface area contributed by atoms with E-state index in [2.05, 4.69) is 0 Å². The number of ether oxygens (including phenoxy) is 4. The first kappa shape index (κ1) is 24.5. The standard InChI is InChI=1S/C26H22O10/c1-13(27)35-25(19-11-33-21-7-5-15(31-3)9-17(21)23(19)29)26(36-14(2)28)20-12-34-22-8-6-16(32-4)10-18(22)24(20)30/h5-12,25-26H,1-4H3. The second-order valence-electron chi connectivity index (χ2n) is 7.82. The first-order valence-corrected chi connectivity index (χ1v) is 10.8. The van der Waals surface area contributed by atoms with Crippen molar-refractivity contribution in [2.24, 2.45) is 0 Å². The molecule has 4 rings (SSSR count). The van der Waals surface area contributed by atoms with Gasteiger partial charge < -0.3 is 27.8 Å². The van der Waals surface area contributed by atoms with Gasteiger partial charge in [-0.2, -0.15) is 0 Å². The summed E-state index contributed by atoms with van der Waals surface area (Å²) in [4.78, 5) is 51.1. The molecule has 0 radical (unpaired) electrons. The zero-order chi connectivity index (χ0) is 26.0. The summed E-state index contributed by atoms with van der Waals surface area (Å²) in [6, 6.07) is 9.26. The number of fused-ring (bicyclic) bond motifs is 2. The molecular formula is C26H22O10. The fraction of sp³-hybridized carbons (Fsp3) is 0.231. The lowest BCUT2D eigenvalue weighted by Crippen LogP contribution is -2.29. The summed E-state index contributed by atoms with van der Waals surface area (Å²) in [7, 11) is 2.89. The molecule has 2 unspecified atom stereocenters. The molecular weight excluding hydrogens is 472 g/mol. The van der Waals surface area contributed by atoms with Crippen molar-refractivity contribution in [2.75, 3.05) is 14.2 Å². The van der Waals surface area contributed by atoms with Crippen molar-refractivity contribution >= 4 is 33.9 Å². The van der Waals surface area contributed by atoms with Crippen LogP contribution in [0, 0.1) is 0 Å². The highest BCUT2D eigenvalue weighted by atomic mass is 16.6. The van der Waals surface area contributed by atoms with Crippen LogP contribution in [0.4, 0.5) is 0 Å². The minimum atomic E-state index is -1.52. The third-order valence-electron chi connectivity index (χ3n) is 5.49. The van der Waals surface area contributed by atoms with Crippen LogP contribution in [-0.2, 0) is 19.1 Å². The van der Waals surface area contributed by atoms with Gasteiger partial charge in [-0.3, -0.25) is 19.2 Å². The van der Waals surface area contributed by atoms with Crippen molar-refractivity contribution in [3.05, 3.63) is 80.5 Å². The molecule has 2 aromatic heterocycles. The quantitative estimate of drug-likeness (QED) is 0.349. The van der Waals surface area contributed by atoms with E-state index in [-0.39, 0.29) is 33.1 Å². The number of benzene rings is 2. The lowest BCUT2D eigenvalue weighted by atomic mass is 9.97. The van der Waals surface area contributed by atoms with Crippen LogP contribution in [0.25, 0.3) is 21.9 Å². The highest BCUT2D eigenvalue weighted by molar-refractivity contribution is 5.80. The van der Waals surface area contributed by atoms with E-state index in [9.17, 15) is 19.2 Å². The van der Waals surface area contributed by atoms with E-state index < -0.39 is 35.0 Å². The van der Waals surface area contributed by atoms with Gasteiger partial charge >= 0.3 is 11.9 Å². The van der Waals surface area contributed by atoms with E-state index >= 15 is 0 Å². The second kappa shape index (κ2) is 9.95. The molecule has 0 N–H and O–H groups in total. The number of carbonyl (C=O) groups is 2. The van der Waals surface area contributed by atoms with E-state index in [1.54, 1.807) is 24.3 Å². The lowest BCUT2D eigenvalue weighted by molar-refractivity contribution is -0.167. The van der Waals surface area contributed by atoms with E-state index in [4.69, 9.17) is 27.8 Å². The average Bonchev–Trinajstić information content (AvgIpc) is 2.86. The highest BCUT2D eigenvalue weighted by Gasteiger charge is 2.36. The molecule has 0 aliphatic carbocycles. The van der Waals surface area contributed by atoms with Gasteiger partial charge in [0.25, 0.3) is 0 Å². The molecule has 0 fully saturated rings. The van der Waals surface area contributed by atoms with Gasteiger partial charge in [-0.15, -0.1) is 0 Å². The first-order chi connectivity index (χ1) is 17.2. The number of hydrogen-bond acceptors (Lipinski definition) is 10. The second-order valence-corrected chi connectivity index (χ2v) is 7.82. The Morgan fingerprint density at radius 2 is 1.08 bits per heavy atom. The Morgan fingerprint density at radius 3 is 1.42 bits per heavy atom. The van der Waals surface area contributed by atoms with Gasteiger partial charge in [-0.25, -0.2) is 0 Å². The molecule has 36 heavy (non-hydrogen) atoms. The van der Waals surface area contributed by atoms with Crippen LogP contribution in [0.2, 0.25) is 0 Å². The van der Waals surface area contributed by atoms with Gasteiger partial charge in [0.1, 0.15) is 35.2 Å². The zero-order valence-corrected chi connectivity index (χ0v) is 19.9. The largest absolute Gasteiger partial charge is 0.497 e. The molecule has 0 amide bonds. The van der Waals surface area contributed by atoms with Crippen LogP contribution in [0.1, 0.15) is 37.2 Å². The van der Waals surface area contributed by atoms with Crippen molar-refractivity contribution in [3.63, 3.8) is 0 Å². The summed E-state index contributed by atoms with van der Waals surface area (Å²) in [5.41, 5.74) is -0.916. The van der Waals surface area contributed by atoms with Gasteiger partial charge in [0.15, 0.2) is 23.1 Å². The number of hydrogen-bond donors (Lipinski definition) is 0. The molecule has 0 saturated carbocycles. The van der Waals surface area contributed by atoms with Gasteiger partial charge in [0, 0.05) is 13.8 Å². The summed E-state index contributed by atoms with van der Waals surface area (Å²) in [6.45, 7) is 2.24. The third-order valence-corrected chi connectivity index (χ3v) is 5.49. The predicted molar refractivity (Wildman–Crippen MR) is 127 cm³/mol. The Labute approximate surface area is 203 Å². The van der Waals surface area contributed by atoms with Crippen LogP contribution < -0.4 is 20.3 Å². The van der Waals surface area contributed by atoms with E-state index in [1.807, 2.05) is 0 Å². The molecule has 0 bridgehead atoms. The summed E-state index contributed by atoms with van der Waals surface area (Å²) >= 11 is 0. The Kier molecular flexibility index (Phi) is 6.77. The fourth-order valence-corrected chi connectivity index (χ4v) is 3.83. The maximum Gasteiger partial charge on any atom is 0.303 e. The fourth-order valence-electron chi connectivity index (χ4n) is 3.83. The minimum absolute atomic E-state index is 0.140. The SMILES string of the molecule is COc1ccc2occ(C(OC(C)=O)C(OC(C)=O)c3coc4ccc(OC)cc4c3=O)c(=O)c2c1. The highest BCUT2D eigenvalue weighted by Crippen LogP contribution is 2.35. The monoisotopic (exact) mass is 494 g/mol. The maximum atomic E-state index is 13.5. The third kappa shape index (κ3) is 4.65. The summed E-state index contributed by atoms with van der Waals surface area (Å²) in [6.07, 6.45) is -0.840. The maximum absolute atomic E-state index is 13.5. The molecule has 0 aliphatic heterocycles. The number of carbonyl (C=O) groups excluding carboxylic acids is 2. The molecule has 2 aromatic carbocycles. The molecule has 2 heterocycles. The number of rotatable bonds is 7. The van der Waals surface area contributed by atoms with Crippen LogP contribution in [0.5, 0.6) is 11.5 Å². The van der Waals surface area contributed by atoms with E-state index in [1.165, 1.54) is 26.4 Å². The Hall–Kier alpha value is -4.60. The number of methoxy groups -OCH3 is 2. The summed E-state index contributed by atoms with van der Waals surface area (Å²) in [5, 5.41) is 0.279. The normalized spacial score (nSPS) is 12.7. The van der Waals surface area contributed by atoms with Crippen molar-refractivity contribution in [1.29, 1.82) is 0 Å². The molecule has 2 atom stereocenters. The number of esters is 2. The van der Waals surface area contributed by atoms with Gasteiger partial charge in [-0.05, 0) is 36.4 Å². The van der Waals surface area contributed by atoms with E-state index in [0.717, 1.165) is 26.4 Å². The molecule has 0 aliphatic rings. The minimum Gasteiger partial charge on any atom is -0.497 e. The molecule has 10 heteroatoms. The lowest BCUT2D eigenvalue weighted by Gasteiger charge is -2.25. The molecule has 10 nitrogen and oxygen atoms in total. The average molecular weight is 494 g/mol. The smallest absolute Gasteiger partial charge is 0.303 e. The molecule has 186 valence electrons. The van der Waals surface area contributed by atoms with Crippen LogP contribution in [0.3, 0.4) is 0 Å². The molecule has 0 saturated heterocycles. The van der Waals surface area contributed by atoms with Crippen molar-refractivity contribution in [1.82, 2.24) is 0 Å². The van der Waals surface area contributed by atoms with E-state index in [0.29, 0.717) is 11.5 Å². The molecule has 0 spiro atoms. The first-order valence-electron chi connectivity index (χ1n) is 10.8. The Bertz CT molecular complexity index is 1460. The topological polar surface area (TPSA) is 131 Å². The van der Waals surface area contributed by atoms with Gasteiger partial charge in [0.05, 0.1) is 36.1 Å². The van der Waals surface area contributed by atoms with Crippen LogP contribution in [0.15, 0.2) is 67.3 Å².